The molecule has 0 radical (unpaired) electrons. The lowest BCUT2D eigenvalue weighted by molar-refractivity contribution is 0.417. The molecule has 172 valence electrons. The van der Waals surface area contributed by atoms with Crippen LogP contribution in [0.2, 0.25) is 0 Å². The topological polar surface area (TPSA) is 40.5 Å². The molecule has 0 aromatic heterocycles. The van der Waals surface area contributed by atoms with E-state index in [1.165, 1.54) is 11.1 Å². The minimum atomic E-state index is -0.156. The molecular weight excluding hydrogens is 380 g/mol. The predicted molar refractivity (Wildman–Crippen MR) is 134 cm³/mol. The van der Waals surface area contributed by atoms with Crippen molar-refractivity contribution in [3.05, 3.63) is 57.6 Å². The maximum absolute atomic E-state index is 11.5. The molecule has 0 heterocycles. The first-order valence-corrected chi connectivity index (χ1v) is 11.9. The summed E-state index contributed by atoms with van der Waals surface area (Å²) in [6.07, 6.45) is 2.70. The number of aromatic hydroxyl groups is 2. The Kier molecular flexibility index (Phi) is 7.56. The Morgan fingerprint density at radius 3 is 1.29 bits per heavy atom. The van der Waals surface area contributed by atoms with E-state index in [4.69, 9.17) is 0 Å². The third-order valence-electron chi connectivity index (χ3n) is 6.29. The van der Waals surface area contributed by atoms with E-state index in [9.17, 15) is 10.2 Å². The van der Waals surface area contributed by atoms with Crippen LogP contribution in [0.4, 0.5) is 0 Å². The van der Waals surface area contributed by atoms with Gasteiger partial charge in [-0.1, -0.05) is 93.5 Å². The fourth-order valence-corrected chi connectivity index (χ4v) is 4.41. The van der Waals surface area contributed by atoms with Crippen LogP contribution in [-0.2, 0) is 23.7 Å². The molecule has 0 aliphatic heterocycles. The van der Waals surface area contributed by atoms with Gasteiger partial charge in [-0.25, -0.2) is 0 Å². The first kappa shape index (κ1) is 25.3. The summed E-state index contributed by atoms with van der Waals surface area (Å²) in [5, 5.41) is 22.9. The van der Waals surface area contributed by atoms with E-state index in [0.29, 0.717) is 17.4 Å². The third kappa shape index (κ3) is 5.64. The van der Waals surface area contributed by atoms with Crippen molar-refractivity contribution in [2.45, 2.75) is 105 Å². The fraction of sp³-hybridized carbons (Fsp3) is 0.586. The lowest BCUT2D eigenvalue weighted by Crippen LogP contribution is -2.17. The molecule has 31 heavy (non-hydrogen) atoms. The standard InChI is InChI=1S/C29H44O2/c1-11-19-14-22(26(30)24(16-19)28(5,6)7)21(13-18(3)4)23-15-20(12-2)17-25(27(23)31)29(8,9)10/h14-18,21,30-31H,11-13H2,1-10H3. The van der Waals surface area contributed by atoms with Crippen LogP contribution in [-0.4, -0.2) is 10.2 Å². The average Bonchev–Trinajstić information content (AvgIpc) is 2.65. The molecule has 2 aromatic carbocycles. The van der Waals surface area contributed by atoms with Gasteiger partial charge < -0.3 is 10.2 Å². The average molecular weight is 425 g/mol. The zero-order valence-electron chi connectivity index (χ0n) is 21.5. The highest BCUT2D eigenvalue weighted by Gasteiger charge is 2.30. The number of phenolic OH excluding ortho intramolecular Hbond substituents is 2. The minimum absolute atomic E-state index is 0.0554. The van der Waals surface area contributed by atoms with E-state index in [1.54, 1.807) is 0 Å². The zero-order chi connectivity index (χ0) is 23.7. The number of hydrogen-bond acceptors (Lipinski definition) is 2. The molecule has 2 N–H and O–H groups in total. The molecule has 2 nitrogen and oxygen atoms in total. The van der Waals surface area contributed by atoms with Crippen LogP contribution in [0.3, 0.4) is 0 Å². The van der Waals surface area contributed by atoms with Gasteiger partial charge >= 0.3 is 0 Å². The summed E-state index contributed by atoms with van der Waals surface area (Å²) < 4.78 is 0. The second-order valence-corrected chi connectivity index (χ2v) is 11.6. The van der Waals surface area contributed by atoms with Gasteiger partial charge in [0.15, 0.2) is 0 Å². The number of phenols is 2. The van der Waals surface area contributed by atoms with Gasteiger partial charge in [0.05, 0.1) is 0 Å². The Morgan fingerprint density at radius 1 is 0.677 bits per heavy atom. The highest BCUT2D eigenvalue weighted by molar-refractivity contribution is 5.56. The largest absolute Gasteiger partial charge is 0.507 e. The van der Waals surface area contributed by atoms with Crippen LogP contribution in [0, 0.1) is 5.92 Å². The van der Waals surface area contributed by atoms with Gasteiger partial charge in [0.1, 0.15) is 11.5 Å². The summed E-state index contributed by atoms with van der Waals surface area (Å²) in [6.45, 7) is 21.6. The summed E-state index contributed by atoms with van der Waals surface area (Å²) in [5.74, 6) is 1.14. The second kappa shape index (κ2) is 9.27. The van der Waals surface area contributed by atoms with Crippen LogP contribution in [0.1, 0.15) is 115 Å². The molecule has 0 bridgehead atoms. The van der Waals surface area contributed by atoms with Crippen molar-refractivity contribution >= 4 is 0 Å². The molecule has 0 saturated heterocycles. The Hall–Kier alpha value is -1.96. The monoisotopic (exact) mass is 424 g/mol. The zero-order valence-corrected chi connectivity index (χ0v) is 21.5. The fourth-order valence-electron chi connectivity index (χ4n) is 4.41. The first-order chi connectivity index (χ1) is 14.2. The number of aryl methyl sites for hydroxylation is 2. The maximum Gasteiger partial charge on any atom is 0.123 e. The molecular formula is C29H44O2. The quantitative estimate of drug-likeness (QED) is 0.493. The highest BCUT2D eigenvalue weighted by atomic mass is 16.3. The van der Waals surface area contributed by atoms with Crippen molar-refractivity contribution < 1.29 is 10.2 Å². The molecule has 2 aromatic rings. The molecule has 0 atom stereocenters. The Balaban J connectivity index is 2.88. The van der Waals surface area contributed by atoms with Gasteiger partial charge in [-0.05, 0) is 58.3 Å². The van der Waals surface area contributed by atoms with E-state index < -0.39 is 0 Å². The Morgan fingerprint density at radius 2 is 1.03 bits per heavy atom. The van der Waals surface area contributed by atoms with Gasteiger partial charge in [-0.15, -0.1) is 0 Å². The van der Waals surface area contributed by atoms with Gasteiger partial charge in [0.2, 0.25) is 0 Å². The van der Waals surface area contributed by atoms with Gasteiger partial charge in [-0.2, -0.15) is 0 Å². The molecule has 2 heteroatoms. The molecule has 0 aliphatic rings. The van der Waals surface area contributed by atoms with Crippen LogP contribution in [0.5, 0.6) is 11.5 Å². The van der Waals surface area contributed by atoms with E-state index in [0.717, 1.165) is 41.5 Å². The summed E-state index contributed by atoms with van der Waals surface area (Å²) in [7, 11) is 0. The van der Waals surface area contributed by atoms with Gasteiger partial charge in [0, 0.05) is 17.0 Å². The van der Waals surface area contributed by atoms with E-state index in [-0.39, 0.29) is 16.7 Å². The molecule has 2 rings (SSSR count). The molecule has 0 saturated carbocycles. The number of benzene rings is 2. The lowest BCUT2D eigenvalue weighted by atomic mass is 9.75. The molecule has 0 unspecified atom stereocenters. The predicted octanol–water partition coefficient (Wildman–Crippen LogP) is 8.00. The van der Waals surface area contributed by atoms with E-state index in [2.05, 4.69) is 93.5 Å². The lowest BCUT2D eigenvalue weighted by Gasteiger charge is -2.30. The van der Waals surface area contributed by atoms with Crippen LogP contribution in [0.25, 0.3) is 0 Å². The van der Waals surface area contributed by atoms with Crippen molar-refractivity contribution in [2.75, 3.05) is 0 Å². The van der Waals surface area contributed by atoms with E-state index in [1.807, 2.05) is 0 Å². The smallest absolute Gasteiger partial charge is 0.123 e. The minimum Gasteiger partial charge on any atom is -0.507 e. The Bertz CT molecular complexity index is 836. The molecule has 0 fully saturated rings. The third-order valence-corrected chi connectivity index (χ3v) is 6.29. The summed E-state index contributed by atoms with van der Waals surface area (Å²) in [5.41, 5.74) is 6.01. The summed E-state index contributed by atoms with van der Waals surface area (Å²) >= 11 is 0. The number of hydrogen-bond donors (Lipinski definition) is 2. The van der Waals surface area contributed by atoms with Crippen LogP contribution < -0.4 is 0 Å². The summed E-state index contributed by atoms with van der Waals surface area (Å²) in [6, 6.07) is 8.61. The van der Waals surface area contributed by atoms with Crippen molar-refractivity contribution in [2.24, 2.45) is 5.92 Å². The maximum atomic E-state index is 11.5. The molecule has 0 aliphatic carbocycles. The first-order valence-electron chi connectivity index (χ1n) is 11.9. The van der Waals surface area contributed by atoms with Crippen molar-refractivity contribution in [3.63, 3.8) is 0 Å². The van der Waals surface area contributed by atoms with E-state index >= 15 is 0 Å². The van der Waals surface area contributed by atoms with Gasteiger partial charge in [0.25, 0.3) is 0 Å². The SMILES string of the molecule is CCc1cc(C(CC(C)C)c2cc(CC)cc(C(C)(C)C)c2O)c(O)c(C(C)(C)C)c1. The molecule has 0 spiro atoms. The number of rotatable bonds is 6. The normalized spacial score (nSPS) is 12.8. The van der Waals surface area contributed by atoms with Crippen molar-refractivity contribution in [1.82, 2.24) is 0 Å². The molecule has 0 amide bonds. The highest BCUT2D eigenvalue weighted by Crippen LogP contribution is 2.46. The van der Waals surface area contributed by atoms with Crippen molar-refractivity contribution in [1.29, 1.82) is 0 Å². The van der Waals surface area contributed by atoms with Gasteiger partial charge in [-0.3, -0.25) is 0 Å². The van der Waals surface area contributed by atoms with Crippen molar-refractivity contribution in [3.8, 4) is 11.5 Å². The van der Waals surface area contributed by atoms with Crippen LogP contribution >= 0.6 is 0 Å². The summed E-state index contributed by atoms with van der Waals surface area (Å²) in [4.78, 5) is 0. The Labute approximate surface area is 190 Å². The second-order valence-electron chi connectivity index (χ2n) is 11.6. The van der Waals surface area contributed by atoms with Crippen LogP contribution in [0.15, 0.2) is 24.3 Å².